The fourth-order valence-corrected chi connectivity index (χ4v) is 3.80. The summed E-state index contributed by atoms with van der Waals surface area (Å²) in [5, 5.41) is 4.98. The van der Waals surface area contributed by atoms with Gasteiger partial charge >= 0.3 is 0 Å². The van der Waals surface area contributed by atoms with Gasteiger partial charge in [0, 0.05) is 23.6 Å². The van der Waals surface area contributed by atoms with E-state index in [9.17, 15) is 9.00 Å². The summed E-state index contributed by atoms with van der Waals surface area (Å²) in [6, 6.07) is 10.2. The number of aromatic nitrogens is 3. The second-order valence-electron chi connectivity index (χ2n) is 5.42. The van der Waals surface area contributed by atoms with Crippen LogP contribution in [0.25, 0.3) is 11.0 Å². The molecule has 0 radical (unpaired) electrons. The number of fused-ring (bicyclic) bond motifs is 1. The molecule has 0 spiro atoms. The number of amides is 1. The molecule has 24 heavy (non-hydrogen) atoms. The van der Waals surface area contributed by atoms with E-state index in [1.807, 2.05) is 6.92 Å². The number of carbonyl (C=O) groups is 1. The molecule has 3 aromatic rings. The van der Waals surface area contributed by atoms with Crippen molar-refractivity contribution >= 4 is 38.3 Å². The smallest absolute Gasteiger partial charge is 0.266 e. The molecule has 2 aromatic heterocycles. The molecule has 1 aromatic carbocycles. The second-order valence-corrected chi connectivity index (χ2v) is 8.04. The summed E-state index contributed by atoms with van der Waals surface area (Å²) < 4.78 is 18.2. The first-order chi connectivity index (χ1) is 11.3. The van der Waals surface area contributed by atoms with Gasteiger partial charge in [0.25, 0.3) is 5.91 Å². The summed E-state index contributed by atoms with van der Waals surface area (Å²) in [7, 11) is -1.12. The maximum absolute atomic E-state index is 12.7. The van der Waals surface area contributed by atoms with Gasteiger partial charge in [0.1, 0.15) is 5.15 Å². The zero-order valence-electron chi connectivity index (χ0n) is 13.4. The van der Waals surface area contributed by atoms with Gasteiger partial charge in [0.2, 0.25) is 0 Å². The number of hydrogen-bond donors (Lipinski definition) is 0. The van der Waals surface area contributed by atoms with E-state index in [1.165, 1.54) is 6.26 Å². The van der Waals surface area contributed by atoms with Crippen molar-refractivity contribution < 1.29 is 9.00 Å². The monoisotopic (exact) mass is 362 g/mol. The highest BCUT2D eigenvalue weighted by Gasteiger charge is 2.18. The van der Waals surface area contributed by atoms with Crippen molar-refractivity contribution in [3.8, 4) is 0 Å². The molecule has 124 valence electrons. The summed E-state index contributed by atoms with van der Waals surface area (Å²) in [5.41, 5.74) is 1.42. The minimum absolute atomic E-state index is 0.0162. The lowest BCUT2D eigenvalue weighted by Gasteiger charge is -2.05. The Bertz CT molecular complexity index is 1070. The Hall–Kier alpha value is -2.25. The SMILES string of the molecule is Cc1nn(C)c2nc(Cl)c(C(=O)N=[S@](C)(=O)c3ccccc3)cc12. The molecule has 3 rings (SSSR count). The number of hydrogen-bond acceptors (Lipinski definition) is 4. The van der Waals surface area contributed by atoms with Crippen LogP contribution in [-0.4, -0.2) is 31.1 Å². The summed E-state index contributed by atoms with van der Waals surface area (Å²) in [6.07, 6.45) is 1.43. The zero-order valence-corrected chi connectivity index (χ0v) is 14.9. The molecule has 1 amide bonds. The number of nitrogens with zero attached hydrogens (tertiary/aromatic N) is 4. The van der Waals surface area contributed by atoms with Crippen LogP contribution in [0.15, 0.2) is 45.7 Å². The number of rotatable bonds is 2. The van der Waals surface area contributed by atoms with Crippen LogP contribution in [0.5, 0.6) is 0 Å². The van der Waals surface area contributed by atoms with Crippen molar-refractivity contribution in [2.45, 2.75) is 11.8 Å². The summed E-state index contributed by atoms with van der Waals surface area (Å²) in [6.45, 7) is 1.82. The predicted octanol–water partition coefficient (Wildman–Crippen LogP) is 3.23. The Morgan fingerprint density at radius 3 is 2.62 bits per heavy atom. The lowest BCUT2D eigenvalue weighted by Crippen LogP contribution is -2.05. The zero-order chi connectivity index (χ0) is 17.5. The van der Waals surface area contributed by atoms with E-state index < -0.39 is 15.6 Å². The van der Waals surface area contributed by atoms with Gasteiger partial charge in [-0.2, -0.15) is 9.46 Å². The third-order valence-electron chi connectivity index (χ3n) is 3.62. The number of aryl methyl sites for hydroxylation is 2. The molecule has 0 aliphatic rings. The van der Waals surface area contributed by atoms with Gasteiger partial charge in [-0.3, -0.25) is 9.48 Å². The van der Waals surface area contributed by atoms with Crippen LogP contribution in [-0.2, 0) is 16.8 Å². The van der Waals surface area contributed by atoms with Crippen molar-refractivity contribution in [3.05, 3.63) is 52.8 Å². The maximum Gasteiger partial charge on any atom is 0.288 e. The Labute approximate surface area is 144 Å². The molecule has 6 nitrogen and oxygen atoms in total. The Kier molecular flexibility index (Phi) is 4.15. The molecule has 0 aliphatic heterocycles. The van der Waals surface area contributed by atoms with E-state index in [0.717, 1.165) is 5.69 Å². The first kappa shape index (κ1) is 16.6. The number of halogens is 1. The van der Waals surface area contributed by atoms with Crippen molar-refractivity contribution in [1.29, 1.82) is 0 Å². The van der Waals surface area contributed by atoms with Gasteiger partial charge in [0.05, 0.1) is 21.0 Å². The second kappa shape index (κ2) is 5.99. The quantitative estimate of drug-likeness (QED) is 0.656. The van der Waals surface area contributed by atoms with Crippen LogP contribution >= 0.6 is 11.6 Å². The van der Waals surface area contributed by atoms with Crippen LogP contribution < -0.4 is 0 Å². The molecule has 2 heterocycles. The highest BCUT2D eigenvalue weighted by Crippen LogP contribution is 2.24. The van der Waals surface area contributed by atoms with E-state index in [4.69, 9.17) is 11.6 Å². The fourth-order valence-electron chi connectivity index (χ4n) is 2.40. The van der Waals surface area contributed by atoms with E-state index in [1.54, 1.807) is 48.1 Å². The molecule has 0 bridgehead atoms. The van der Waals surface area contributed by atoms with Gasteiger partial charge in [0.15, 0.2) is 5.65 Å². The number of carbonyl (C=O) groups excluding carboxylic acids is 1. The average Bonchev–Trinajstić information content (AvgIpc) is 2.81. The lowest BCUT2D eigenvalue weighted by atomic mass is 10.2. The van der Waals surface area contributed by atoms with Gasteiger partial charge in [-0.25, -0.2) is 9.19 Å². The van der Waals surface area contributed by atoms with E-state index in [0.29, 0.717) is 15.9 Å². The number of pyridine rings is 1. The highest BCUT2D eigenvalue weighted by molar-refractivity contribution is 7.93. The molecule has 1 atom stereocenters. The van der Waals surface area contributed by atoms with Crippen LogP contribution in [0, 0.1) is 6.92 Å². The van der Waals surface area contributed by atoms with Crippen LogP contribution in [0.3, 0.4) is 0 Å². The van der Waals surface area contributed by atoms with E-state index in [-0.39, 0.29) is 10.7 Å². The van der Waals surface area contributed by atoms with Crippen molar-refractivity contribution in [2.24, 2.45) is 11.4 Å². The Balaban J connectivity index is 2.12. The lowest BCUT2D eigenvalue weighted by molar-refractivity contribution is 0.100. The fraction of sp³-hybridized carbons (Fsp3) is 0.188. The molecule has 0 saturated carbocycles. The Morgan fingerprint density at radius 1 is 1.29 bits per heavy atom. The largest absolute Gasteiger partial charge is 0.288 e. The van der Waals surface area contributed by atoms with Crippen LogP contribution in [0.1, 0.15) is 16.1 Å². The molecule has 0 unspecified atom stereocenters. The molecular formula is C16H15ClN4O2S. The first-order valence-electron chi connectivity index (χ1n) is 7.11. The Morgan fingerprint density at radius 2 is 1.96 bits per heavy atom. The van der Waals surface area contributed by atoms with E-state index in [2.05, 4.69) is 14.4 Å². The summed E-state index contributed by atoms with van der Waals surface area (Å²) in [4.78, 5) is 17.2. The molecule has 8 heteroatoms. The highest BCUT2D eigenvalue weighted by atomic mass is 35.5. The topological polar surface area (TPSA) is 77.2 Å². The third-order valence-corrected chi connectivity index (χ3v) is 5.57. The van der Waals surface area contributed by atoms with Gasteiger partial charge in [-0.05, 0) is 25.1 Å². The van der Waals surface area contributed by atoms with Crippen LogP contribution in [0.2, 0.25) is 5.15 Å². The standard InChI is InChI=1S/C16H15ClN4O2S/c1-10-12-9-13(14(17)18-15(12)21(2)19-10)16(22)20-24(3,23)11-7-5-4-6-8-11/h4-9H,1-3H3/t24-/m1/s1. The molecule has 0 N–H and O–H groups in total. The third kappa shape index (κ3) is 2.92. The first-order valence-corrected chi connectivity index (χ1v) is 9.41. The predicted molar refractivity (Wildman–Crippen MR) is 93.8 cm³/mol. The van der Waals surface area contributed by atoms with Crippen molar-refractivity contribution in [2.75, 3.05) is 6.26 Å². The molecule has 0 fully saturated rings. The van der Waals surface area contributed by atoms with Gasteiger partial charge in [-0.15, -0.1) is 0 Å². The molecule has 0 saturated heterocycles. The molecule has 0 aliphatic carbocycles. The van der Waals surface area contributed by atoms with E-state index >= 15 is 0 Å². The maximum atomic E-state index is 12.7. The molecular weight excluding hydrogens is 348 g/mol. The minimum atomic E-state index is -2.86. The average molecular weight is 363 g/mol. The minimum Gasteiger partial charge on any atom is -0.266 e. The summed E-state index contributed by atoms with van der Waals surface area (Å²) >= 11 is 6.13. The van der Waals surface area contributed by atoms with Crippen molar-refractivity contribution in [3.63, 3.8) is 0 Å². The summed E-state index contributed by atoms with van der Waals surface area (Å²) in [5.74, 6) is -0.658. The van der Waals surface area contributed by atoms with Gasteiger partial charge < -0.3 is 0 Å². The normalized spacial score (nSPS) is 13.7. The van der Waals surface area contributed by atoms with Crippen molar-refractivity contribution in [1.82, 2.24) is 14.8 Å². The van der Waals surface area contributed by atoms with Gasteiger partial charge in [-0.1, -0.05) is 29.8 Å². The number of benzene rings is 1. The van der Waals surface area contributed by atoms with Crippen LogP contribution in [0.4, 0.5) is 0 Å².